The minimum atomic E-state index is -3.84. The number of amides is 1. The average molecular weight is 474 g/mol. The van der Waals surface area contributed by atoms with Crippen LogP contribution in [0.25, 0.3) is 0 Å². The second-order valence-electron chi connectivity index (χ2n) is 8.54. The van der Waals surface area contributed by atoms with E-state index in [4.69, 9.17) is 9.47 Å². The molecule has 1 unspecified atom stereocenters. The van der Waals surface area contributed by atoms with Gasteiger partial charge in [0, 0.05) is 50.6 Å². The van der Waals surface area contributed by atoms with Gasteiger partial charge in [0.15, 0.2) is 0 Å². The summed E-state index contributed by atoms with van der Waals surface area (Å²) in [7, 11) is -2.29. The first-order valence-electron chi connectivity index (χ1n) is 11.3. The third-order valence-corrected chi connectivity index (χ3v) is 7.62. The van der Waals surface area contributed by atoms with Crippen molar-refractivity contribution in [2.75, 3.05) is 51.2 Å². The summed E-state index contributed by atoms with van der Waals surface area (Å²) in [5.41, 5.74) is 1.59. The van der Waals surface area contributed by atoms with Crippen LogP contribution in [-0.4, -0.2) is 76.7 Å². The van der Waals surface area contributed by atoms with E-state index in [2.05, 4.69) is 9.62 Å². The third kappa shape index (κ3) is 5.66. The normalized spacial score (nSPS) is 19.5. The van der Waals surface area contributed by atoms with Gasteiger partial charge in [-0.2, -0.15) is 0 Å². The molecule has 1 amide bonds. The summed E-state index contributed by atoms with van der Waals surface area (Å²) in [5.74, 6) is 0.503. The van der Waals surface area contributed by atoms with E-state index < -0.39 is 10.0 Å². The zero-order valence-electron chi connectivity index (χ0n) is 19.1. The Morgan fingerprint density at radius 3 is 2.48 bits per heavy atom. The number of carbonyl (C=O) groups excluding carboxylic acids is 1. The molecule has 2 aliphatic rings. The lowest BCUT2D eigenvalue weighted by Gasteiger charge is -2.36. The van der Waals surface area contributed by atoms with Crippen LogP contribution in [0.1, 0.15) is 28.8 Å². The molecule has 9 heteroatoms. The number of aryl methyl sites for hydroxylation is 1. The number of methoxy groups -OCH3 is 1. The van der Waals surface area contributed by atoms with Crippen molar-refractivity contribution in [2.24, 2.45) is 0 Å². The lowest BCUT2D eigenvalue weighted by atomic mass is 10.1. The Bertz CT molecular complexity index is 1070. The largest absolute Gasteiger partial charge is 0.497 e. The van der Waals surface area contributed by atoms with Gasteiger partial charge in [0.2, 0.25) is 0 Å². The number of piperazine rings is 1. The fraction of sp³-hybridized carbons (Fsp3) is 0.458. The first kappa shape index (κ1) is 23.5. The molecule has 2 aliphatic heterocycles. The first-order valence-corrected chi connectivity index (χ1v) is 12.7. The number of carbonyl (C=O) groups is 1. The van der Waals surface area contributed by atoms with Crippen molar-refractivity contribution in [3.63, 3.8) is 0 Å². The van der Waals surface area contributed by atoms with Crippen molar-refractivity contribution >= 4 is 21.6 Å². The average Bonchev–Trinajstić information content (AvgIpc) is 3.32. The maximum absolute atomic E-state index is 13.2. The lowest BCUT2D eigenvalue weighted by molar-refractivity contribution is 0.0432. The number of rotatable bonds is 7. The van der Waals surface area contributed by atoms with Gasteiger partial charge in [-0.25, -0.2) is 8.42 Å². The zero-order valence-corrected chi connectivity index (χ0v) is 19.9. The van der Waals surface area contributed by atoms with Crippen LogP contribution in [0.3, 0.4) is 0 Å². The van der Waals surface area contributed by atoms with Crippen molar-refractivity contribution in [3.8, 4) is 5.75 Å². The predicted molar refractivity (Wildman–Crippen MR) is 126 cm³/mol. The van der Waals surface area contributed by atoms with Gasteiger partial charge in [-0.3, -0.25) is 14.4 Å². The van der Waals surface area contributed by atoms with E-state index in [-0.39, 0.29) is 10.8 Å². The summed E-state index contributed by atoms with van der Waals surface area (Å²) in [5, 5.41) is 0. The van der Waals surface area contributed by atoms with Crippen molar-refractivity contribution in [1.29, 1.82) is 0 Å². The smallest absolute Gasteiger partial charge is 0.261 e. The number of nitrogens with zero attached hydrogens (tertiary/aromatic N) is 2. The Morgan fingerprint density at radius 1 is 1.12 bits per heavy atom. The van der Waals surface area contributed by atoms with E-state index in [1.165, 1.54) is 12.1 Å². The molecule has 4 rings (SSSR count). The molecular weight excluding hydrogens is 442 g/mol. The van der Waals surface area contributed by atoms with Gasteiger partial charge in [-0.05, 0) is 61.7 Å². The first-order chi connectivity index (χ1) is 15.9. The molecule has 178 valence electrons. The Labute approximate surface area is 195 Å². The lowest BCUT2D eigenvalue weighted by Crippen LogP contribution is -2.50. The molecule has 0 saturated carbocycles. The number of nitrogens with one attached hydrogen (secondary N) is 1. The molecule has 0 spiro atoms. The number of hydrogen-bond donors (Lipinski definition) is 1. The number of hydrogen-bond acceptors (Lipinski definition) is 6. The van der Waals surface area contributed by atoms with Crippen LogP contribution in [0.4, 0.5) is 5.69 Å². The minimum Gasteiger partial charge on any atom is -0.497 e. The van der Waals surface area contributed by atoms with Gasteiger partial charge in [0.05, 0.1) is 18.1 Å². The van der Waals surface area contributed by atoms with Gasteiger partial charge >= 0.3 is 0 Å². The number of sulfonamides is 1. The van der Waals surface area contributed by atoms with Crippen molar-refractivity contribution in [2.45, 2.75) is 30.8 Å². The Kier molecular flexibility index (Phi) is 7.21. The molecule has 2 saturated heterocycles. The third-order valence-electron chi connectivity index (χ3n) is 6.24. The molecule has 2 aromatic carbocycles. The minimum absolute atomic E-state index is 0.0595. The molecule has 33 heavy (non-hydrogen) atoms. The van der Waals surface area contributed by atoms with Gasteiger partial charge < -0.3 is 14.4 Å². The Balaban J connectivity index is 1.43. The highest BCUT2D eigenvalue weighted by molar-refractivity contribution is 7.92. The zero-order chi connectivity index (χ0) is 23.4. The summed E-state index contributed by atoms with van der Waals surface area (Å²) in [6.45, 7) is 6.40. The van der Waals surface area contributed by atoms with Crippen LogP contribution in [0.2, 0.25) is 0 Å². The van der Waals surface area contributed by atoms with Crippen LogP contribution in [-0.2, 0) is 14.8 Å². The topological polar surface area (TPSA) is 88.2 Å². The summed E-state index contributed by atoms with van der Waals surface area (Å²) < 4.78 is 39.3. The Hall–Kier alpha value is -2.62. The highest BCUT2D eigenvalue weighted by atomic mass is 32.2. The van der Waals surface area contributed by atoms with Gasteiger partial charge in [0.1, 0.15) is 5.75 Å². The van der Waals surface area contributed by atoms with Crippen LogP contribution in [0.5, 0.6) is 5.75 Å². The molecule has 0 aliphatic carbocycles. The van der Waals surface area contributed by atoms with Crippen LogP contribution < -0.4 is 9.46 Å². The van der Waals surface area contributed by atoms with Gasteiger partial charge in [0.25, 0.3) is 15.9 Å². The molecule has 0 aromatic heterocycles. The van der Waals surface area contributed by atoms with E-state index in [9.17, 15) is 13.2 Å². The quantitative estimate of drug-likeness (QED) is 0.665. The van der Waals surface area contributed by atoms with Crippen LogP contribution >= 0.6 is 0 Å². The maximum atomic E-state index is 13.2. The van der Waals surface area contributed by atoms with Crippen LogP contribution in [0, 0.1) is 6.92 Å². The number of anilines is 1. The number of benzene rings is 2. The standard InChI is InChI=1S/C24H31N3O5S/c1-18-5-10-22(33(29,30)25-19-6-8-20(31-2)9-7-19)16-23(18)24(28)27-13-11-26(12-14-27)17-21-4-3-15-32-21/h5-10,16,21,25H,3-4,11-15,17H2,1-2H3. The second-order valence-corrected chi connectivity index (χ2v) is 10.2. The second kappa shape index (κ2) is 10.1. The van der Waals surface area contributed by atoms with E-state index in [0.29, 0.717) is 36.2 Å². The molecule has 0 radical (unpaired) electrons. The fourth-order valence-electron chi connectivity index (χ4n) is 4.25. The molecule has 1 atom stereocenters. The van der Waals surface area contributed by atoms with Gasteiger partial charge in [-0.1, -0.05) is 6.07 Å². The predicted octanol–water partition coefficient (Wildman–Crippen LogP) is 2.74. The summed E-state index contributed by atoms with van der Waals surface area (Å²) in [4.78, 5) is 17.4. The maximum Gasteiger partial charge on any atom is 0.261 e. The molecule has 8 nitrogen and oxygen atoms in total. The van der Waals surface area contributed by atoms with E-state index in [1.807, 2.05) is 11.8 Å². The highest BCUT2D eigenvalue weighted by Crippen LogP contribution is 2.23. The Morgan fingerprint density at radius 2 is 1.85 bits per heavy atom. The summed E-state index contributed by atoms with van der Waals surface area (Å²) >= 11 is 0. The molecule has 2 fully saturated rings. The molecule has 2 aromatic rings. The van der Waals surface area contributed by atoms with E-state index in [0.717, 1.165) is 44.6 Å². The highest BCUT2D eigenvalue weighted by Gasteiger charge is 2.27. The monoisotopic (exact) mass is 473 g/mol. The van der Waals surface area contributed by atoms with Crippen LogP contribution in [0.15, 0.2) is 47.4 Å². The molecule has 2 heterocycles. The SMILES string of the molecule is COc1ccc(NS(=O)(=O)c2ccc(C)c(C(=O)N3CCN(CC4CCCO4)CC3)c2)cc1. The summed E-state index contributed by atoms with van der Waals surface area (Å²) in [6, 6.07) is 11.3. The molecule has 1 N–H and O–H groups in total. The van der Waals surface area contributed by atoms with Crippen molar-refractivity contribution < 1.29 is 22.7 Å². The van der Waals surface area contributed by atoms with Crippen molar-refractivity contribution in [1.82, 2.24) is 9.80 Å². The molecular formula is C24H31N3O5S. The number of ether oxygens (including phenoxy) is 2. The van der Waals surface area contributed by atoms with E-state index >= 15 is 0 Å². The van der Waals surface area contributed by atoms with Crippen molar-refractivity contribution in [3.05, 3.63) is 53.6 Å². The fourth-order valence-corrected chi connectivity index (χ4v) is 5.34. The van der Waals surface area contributed by atoms with Gasteiger partial charge in [-0.15, -0.1) is 0 Å². The van der Waals surface area contributed by atoms with E-state index in [1.54, 1.807) is 37.4 Å². The summed E-state index contributed by atoms with van der Waals surface area (Å²) in [6.07, 6.45) is 2.52. The molecule has 0 bridgehead atoms.